The first-order valence-corrected chi connectivity index (χ1v) is 6.70. The third kappa shape index (κ3) is 3.72. The number of amides is 1. The summed E-state index contributed by atoms with van der Waals surface area (Å²) < 4.78 is 5.22. The van der Waals surface area contributed by atoms with Gasteiger partial charge >= 0.3 is 0 Å². The number of anilines is 1. The number of likely N-dealkylation sites (N-methyl/N-ethyl adjacent to an activating group) is 1. The zero-order valence-electron chi connectivity index (χ0n) is 12.2. The minimum atomic E-state index is -0.0946. The number of rotatable bonds is 5. The number of nitrogens with two attached hydrogens (primary N) is 1. The highest BCUT2D eigenvalue weighted by Crippen LogP contribution is 2.22. The summed E-state index contributed by atoms with van der Waals surface area (Å²) in [6, 6.07) is 10.8. The van der Waals surface area contributed by atoms with Crippen molar-refractivity contribution < 1.29 is 9.53 Å². The second-order valence-electron chi connectivity index (χ2n) is 4.76. The van der Waals surface area contributed by atoms with Crippen LogP contribution in [0.3, 0.4) is 0 Å². The van der Waals surface area contributed by atoms with Crippen LogP contribution in [0.5, 0.6) is 5.75 Å². The van der Waals surface area contributed by atoms with E-state index in [2.05, 4.69) is 4.98 Å². The molecule has 110 valence electrons. The molecule has 1 aromatic carbocycles. The van der Waals surface area contributed by atoms with E-state index in [1.165, 1.54) is 7.11 Å². The van der Waals surface area contributed by atoms with Crippen molar-refractivity contribution in [1.29, 1.82) is 0 Å². The van der Waals surface area contributed by atoms with Crippen LogP contribution in [0.2, 0.25) is 0 Å². The van der Waals surface area contributed by atoms with Gasteiger partial charge < -0.3 is 15.4 Å². The molecule has 0 aliphatic rings. The predicted molar refractivity (Wildman–Crippen MR) is 82.3 cm³/mol. The highest BCUT2D eigenvalue weighted by Gasteiger charge is 2.16. The van der Waals surface area contributed by atoms with Gasteiger partial charge in [0.05, 0.1) is 12.7 Å². The quantitative estimate of drug-likeness (QED) is 0.853. The molecule has 1 aromatic heterocycles. The molecule has 2 N–H and O–H groups in total. The van der Waals surface area contributed by atoms with Gasteiger partial charge in [-0.25, -0.2) is 0 Å². The van der Waals surface area contributed by atoms with Crippen LogP contribution in [0.4, 0.5) is 5.69 Å². The summed E-state index contributed by atoms with van der Waals surface area (Å²) in [7, 11) is 3.29. The number of benzene rings is 1. The van der Waals surface area contributed by atoms with Crippen LogP contribution in [0.15, 0.2) is 42.6 Å². The maximum absolute atomic E-state index is 12.4. The molecule has 0 atom stereocenters. The van der Waals surface area contributed by atoms with E-state index < -0.39 is 0 Å². The van der Waals surface area contributed by atoms with Crippen molar-refractivity contribution in [3.63, 3.8) is 0 Å². The molecule has 21 heavy (non-hydrogen) atoms. The van der Waals surface area contributed by atoms with Gasteiger partial charge in [0.2, 0.25) is 0 Å². The lowest BCUT2D eigenvalue weighted by molar-refractivity contribution is 0.0793. The number of ether oxygens (including phenoxy) is 1. The number of carbonyl (C=O) groups is 1. The Morgan fingerprint density at radius 2 is 2.14 bits per heavy atom. The van der Waals surface area contributed by atoms with Gasteiger partial charge in [-0.15, -0.1) is 0 Å². The Kier molecular flexibility index (Phi) is 4.77. The summed E-state index contributed by atoms with van der Waals surface area (Å²) in [6.07, 6.45) is 2.46. The number of hydrogen-bond donors (Lipinski definition) is 1. The molecular weight excluding hydrogens is 266 g/mol. The van der Waals surface area contributed by atoms with Gasteiger partial charge in [-0.05, 0) is 24.3 Å². The second-order valence-corrected chi connectivity index (χ2v) is 4.76. The third-order valence-corrected chi connectivity index (χ3v) is 3.23. The number of nitrogens with zero attached hydrogens (tertiary/aromatic N) is 2. The first kappa shape index (κ1) is 14.8. The van der Waals surface area contributed by atoms with Gasteiger partial charge in [0.25, 0.3) is 5.91 Å². The van der Waals surface area contributed by atoms with E-state index in [0.29, 0.717) is 30.0 Å². The molecule has 0 fully saturated rings. The van der Waals surface area contributed by atoms with Gasteiger partial charge in [0, 0.05) is 43.7 Å². The number of nitrogen functional groups attached to an aromatic ring is 1. The van der Waals surface area contributed by atoms with E-state index in [4.69, 9.17) is 10.5 Å². The van der Waals surface area contributed by atoms with E-state index >= 15 is 0 Å². The minimum absolute atomic E-state index is 0.0946. The topological polar surface area (TPSA) is 68.5 Å². The van der Waals surface area contributed by atoms with E-state index in [1.807, 2.05) is 18.2 Å². The lowest BCUT2D eigenvalue weighted by atomic mass is 10.1. The summed E-state index contributed by atoms with van der Waals surface area (Å²) >= 11 is 0. The molecule has 0 saturated carbocycles. The Hall–Kier alpha value is -2.56. The molecule has 0 radical (unpaired) electrons. The first-order chi connectivity index (χ1) is 10.1. The van der Waals surface area contributed by atoms with Crippen LogP contribution in [-0.2, 0) is 6.42 Å². The van der Waals surface area contributed by atoms with Crippen LogP contribution < -0.4 is 10.5 Å². The Labute approximate surface area is 124 Å². The zero-order valence-corrected chi connectivity index (χ0v) is 12.2. The monoisotopic (exact) mass is 285 g/mol. The second kappa shape index (κ2) is 6.74. The average molecular weight is 285 g/mol. The van der Waals surface area contributed by atoms with Gasteiger partial charge in [-0.2, -0.15) is 0 Å². The maximum atomic E-state index is 12.4. The SMILES string of the molecule is COc1cc(N)ccc1C(=O)N(C)CCc1ccccn1. The number of aromatic nitrogens is 1. The molecule has 0 aliphatic carbocycles. The molecule has 5 nitrogen and oxygen atoms in total. The summed E-state index contributed by atoms with van der Waals surface area (Å²) in [5.41, 5.74) is 7.74. The molecule has 2 rings (SSSR count). The third-order valence-electron chi connectivity index (χ3n) is 3.23. The van der Waals surface area contributed by atoms with Crippen molar-refractivity contribution in [3.05, 3.63) is 53.9 Å². The molecule has 1 amide bonds. The Morgan fingerprint density at radius 3 is 2.81 bits per heavy atom. The van der Waals surface area contributed by atoms with E-state index in [1.54, 1.807) is 36.3 Å². The van der Waals surface area contributed by atoms with Gasteiger partial charge in [-0.3, -0.25) is 9.78 Å². The minimum Gasteiger partial charge on any atom is -0.496 e. The van der Waals surface area contributed by atoms with Gasteiger partial charge in [-0.1, -0.05) is 6.07 Å². The normalized spacial score (nSPS) is 10.2. The Bertz CT molecular complexity index is 614. The number of pyridine rings is 1. The standard InChI is InChI=1S/C16H19N3O2/c1-19(10-8-13-5-3-4-9-18-13)16(20)14-7-6-12(17)11-15(14)21-2/h3-7,9,11H,8,10,17H2,1-2H3. The Morgan fingerprint density at radius 1 is 1.33 bits per heavy atom. The molecule has 2 aromatic rings. The van der Waals surface area contributed by atoms with Crippen molar-refractivity contribution >= 4 is 11.6 Å². The van der Waals surface area contributed by atoms with Crippen molar-refractivity contribution in [2.24, 2.45) is 0 Å². The van der Waals surface area contributed by atoms with Crippen LogP contribution in [0, 0.1) is 0 Å². The van der Waals surface area contributed by atoms with Crippen molar-refractivity contribution in [2.75, 3.05) is 26.4 Å². The lowest BCUT2D eigenvalue weighted by Gasteiger charge is -2.18. The highest BCUT2D eigenvalue weighted by molar-refractivity contribution is 5.97. The zero-order chi connectivity index (χ0) is 15.2. The van der Waals surface area contributed by atoms with Crippen molar-refractivity contribution in [3.8, 4) is 5.75 Å². The molecule has 1 heterocycles. The number of hydrogen-bond acceptors (Lipinski definition) is 4. The predicted octanol–water partition coefficient (Wildman–Crippen LogP) is 1.99. The average Bonchev–Trinajstić information content (AvgIpc) is 2.52. The molecule has 0 spiro atoms. The molecule has 0 unspecified atom stereocenters. The largest absolute Gasteiger partial charge is 0.496 e. The number of carbonyl (C=O) groups excluding carboxylic acids is 1. The maximum Gasteiger partial charge on any atom is 0.257 e. The van der Waals surface area contributed by atoms with Crippen LogP contribution >= 0.6 is 0 Å². The van der Waals surface area contributed by atoms with E-state index in [-0.39, 0.29) is 5.91 Å². The van der Waals surface area contributed by atoms with Crippen molar-refractivity contribution in [2.45, 2.75) is 6.42 Å². The first-order valence-electron chi connectivity index (χ1n) is 6.70. The van der Waals surface area contributed by atoms with Crippen molar-refractivity contribution in [1.82, 2.24) is 9.88 Å². The fraction of sp³-hybridized carbons (Fsp3) is 0.250. The van der Waals surface area contributed by atoms with Crippen LogP contribution in [0.25, 0.3) is 0 Å². The van der Waals surface area contributed by atoms with Gasteiger partial charge in [0.1, 0.15) is 5.75 Å². The summed E-state index contributed by atoms with van der Waals surface area (Å²) in [4.78, 5) is 18.3. The van der Waals surface area contributed by atoms with Gasteiger partial charge in [0.15, 0.2) is 0 Å². The molecule has 5 heteroatoms. The summed E-state index contributed by atoms with van der Waals surface area (Å²) in [5, 5.41) is 0. The summed E-state index contributed by atoms with van der Waals surface area (Å²) in [6.45, 7) is 0.587. The van der Waals surface area contributed by atoms with Crippen LogP contribution in [-0.4, -0.2) is 36.5 Å². The Balaban J connectivity index is 2.05. The molecule has 0 aliphatic heterocycles. The summed E-state index contributed by atoms with van der Waals surface area (Å²) in [5.74, 6) is 0.396. The van der Waals surface area contributed by atoms with Crippen LogP contribution in [0.1, 0.15) is 16.1 Å². The van der Waals surface area contributed by atoms with E-state index in [9.17, 15) is 4.79 Å². The molecule has 0 bridgehead atoms. The smallest absolute Gasteiger partial charge is 0.257 e. The molecular formula is C16H19N3O2. The highest BCUT2D eigenvalue weighted by atomic mass is 16.5. The lowest BCUT2D eigenvalue weighted by Crippen LogP contribution is -2.29. The fourth-order valence-corrected chi connectivity index (χ4v) is 2.02. The van der Waals surface area contributed by atoms with E-state index in [0.717, 1.165) is 5.69 Å². The fourth-order valence-electron chi connectivity index (χ4n) is 2.02. The number of methoxy groups -OCH3 is 1. The molecule has 0 saturated heterocycles.